The number of carbonyl (C=O) groups is 1. The van der Waals surface area contributed by atoms with Crippen molar-refractivity contribution in [3.8, 4) is 0 Å². The second kappa shape index (κ2) is 8.17. The minimum Gasteiger partial charge on any atom is -0.445 e. The van der Waals surface area contributed by atoms with Gasteiger partial charge < -0.3 is 24.2 Å². The molecule has 4 rings (SSSR count). The lowest BCUT2D eigenvalue weighted by Crippen LogP contribution is -2.53. The molecule has 1 N–H and O–H groups in total. The predicted octanol–water partition coefficient (Wildman–Crippen LogP) is 3.22. The molecule has 2 atom stereocenters. The lowest BCUT2D eigenvalue weighted by atomic mass is 9.82. The number of fused-ring (bicyclic) bond motifs is 2. The van der Waals surface area contributed by atoms with Crippen LogP contribution in [0.25, 0.3) is 0 Å². The minimum absolute atomic E-state index is 0.0604. The molecule has 6 heteroatoms. The number of ether oxygens (including phenoxy) is 3. The molecule has 0 saturated carbocycles. The third kappa shape index (κ3) is 4.45. The Morgan fingerprint density at radius 3 is 2.48 bits per heavy atom. The maximum Gasteiger partial charge on any atom is 0.410 e. The van der Waals surface area contributed by atoms with Crippen LogP contribution in [0, 0.1) is 0 Å². The first kappa shape index (κ1) is 18.7. The Balaban J connectivity index is 1.30. The molecule has 2 unspecified atom stereocenters. The fourth-order valence-electron chi connectivity index (χ4n) is 4.71. The molecule has 3 heterocycles. The highest BCUT2D eigenvalue weighted by molar-refractivity contribution is 5.69. The van der Waals surface area contributed by atoms with Crippen LogP contribution >= 0.6 is 0 Å². The van der Waals surface area contributed by atoms with Crippen LogP contribution in [0.2, 0.25) is 0 Å². The molecule has 2 bridgehead atoms. The van der Waals surface area contributed by atoms with Crippen LogP contribution < -0.4 is 0 Å². The molecule has 0 spiro atoms. The van der Waals surface area contributed by atoms with Crippen LogP contribution in [0.5, 0.6) is 0 Å². The van der Waals surface area contributed by atoms with Gasteiger partial charge in [-0.3, -0.25) is 0 Å². The van der Waals surface area contributed by atoms with E-state index in [0.717, 1.165) is 38.0 Å². The normalized spacial score (nSPS) is 31.1. The van der Waals surface area contributed by atoms with E-state index >= 15 is 0 Å². The Labute approximate surface area is 160 Å². The van der Waals surface area contributed by atoms with Gasteiger partial charge in [-0.25, -0.2) is 4.79 Å². The third-order valence-corrected chi connectivity index (χ3v) is 6.01. The topological polar surface area (TPSA) is 68.2 Å². The zero-order valence-electron chi connectivity index (χ0n) is 15.7. The van der Waals surface area contributed by atoms with Crippen molar-refractivity contribution in [2.45, 2.75) is 75.5 Å². The summed E-state index contributed by atoms with van der Waals surface area (Å²) in [6.07, 6.45) is 4.92. The summed E-state index contributed by atoms with van der Waals surface area (Å²) in [7, 11) is 0. The average Bonchev–Trinajstić information content (AvgIpc) is 2.99. The molecule has 3 fully saturated rings. The highest BCUT2D eigenvalue weighted by Gasteiger charge is 2.49. The molecule has 1 amide bonds. The Hall–Kier alpha value is -1.63. The molecule has 1 aromatic carbocycles. The van der Waals surface area contributed by atoms with Crippen molar-refractivity contribution in [3.05, 3.63) is 35.9 Å². The molecule has 27 heavy (non-hydrogen) atoms. The fraction of sp³-hybridized carbons (Fsp3) is 0.667. The number of aliphatic hydroxyl groups is 1. The molecule has 0 aliphatic carbocycles. The van der Waals surface area contributed by atoms with E-state index in [2.05, 4.69) is 0 Å². The monoisotopic (exact) mass is 375 g/mol. The number of carbonyl (C=O) groups excluding carboxylic acids is 1. The first-order valence-electron chi connectivity index (χ1n) is 10.1. The van der Waals surface area contributed by atoms with E-state index in [-0.39, 0.29) is 31.1 Å². The van der Waals surface area contributed by atoms with Gasteiger partial charge in [0.1, 0.15) is 6.61 Å². The minimum atomic E-state index is -0.744. The number of rotatable bonds is 5. The molecule has 0 aromatic heterocycles. The standard InChI is InChI=1S/C21H29NO5/c23-20(27-15-16-5-2-1-3-6-16)22-17-7-8-18(22)14-21(24,13-17)10-9-19-25-11-4-12-26-19/h1-3,5-6,17-19,24H,4,7-15H2. The van der Waals surface area contributed by atoms with Crippen molar-refractivity contribution in [1.29, 1.82) is 0 Å². The predicted molar refractivity (Wildman–Crippen MR) is 99.0 cm³/mol. The maximum absolute atomic E-state index is 12.6. The van der Waals surface area contributed by atoms with Gasteiger partial charge in [-0.15, -0.1) is 0 Å². The largest absolute Gasteiger partial charge is 0.445 e. The summed E-state index contributed by atoms with van der Waals surface area (Å²) in [5.74, 6) is 0. The molecule has 3 aliphatic rings. The summed E-state index contributed by atoms with van der Waals surface area (Å²) in [6, 6.07) is 9.84. The Bertz CT molecular complexity index is 617. The van der Waals surface area contributed by atoms with Crippen molar-refractivity contribution < 1.29 is 24.1 Å². The molecular formula is C21H29NO5. The number of amides is 1. The van der Waals surface area contributed by atoms with Crippen molar-refractivity contribution >= 4 is 6.09 Å². The molecule has 6 nitrogen and oxygen atoms in total. The lowest BCUT2D eigenvalue weighted by Gasteiger charge is -2.43. The van der Waals surface area contributed by atoms with E-state index < -0.39 is 5.60 Å². The van der Waals surface area contributed by atoms with Crippen molar-refractivity contribution in [3.63, 3.8) is 0 Å². The summed E-state index contributed by atoms with van der Waals surface area (Å²) >= 11 is 0. The number of benzene rings is 1. The number of hydrogen-bond donors (Lipinski definition) is 1. The summed E-state index contributed by atoms with van der Waals surface area (Å²) < 4.78 is 16.7. The van der Waals surface area contributed by atoms with Gasteiger partial charge in [0, 0.05) is 18.5 Å². The SMILES string of the molecule is O=C(OCc1ccccc1)N1C2CCC1CC(O)(CCC1OCCCO1)C2. The molecule has 0 radical (unpaired) electrons. The van der Waals surface area contributed by atoms with Gasteiger partial charge in [0.2, 0.25) is 0 Å². The van der Waals surface area contributed by atoms with E-state index in [1.807, 2.05) is 35.2 Å². The Kier molecular flexibility index (Phi) is 5.66. The van der Waals surface area contributed by atoms with Gasteiger partial charge >= 0.3 is 6.09 Å². The summed E-state index contributed by atoms with van der Waals surface area (Å²) in [4.78, 5) is 14.5. The van der Waals surface area contributed by atoms with Crippen LogP contribution in [0.15, 0.2) is 30.3 Å². The second-order valence-corrected chi connectivity index (χ2v) is 8.03. The average molecular weight is 375 g/mol. The number of nitrogens with zero attached hydrogens (tertiary/aromatic N) is 1. The van der Waals surface area contributed by atoms with Crippen molar-refractivity contribution in [2.24, 2.45) is 0 Å². The first-order chi connectivity index (χ1) is 13.1. The Morgan fingerprint density at radius 1 is 1.15 bits per heavy atom. The van der Waals surface area contributed by atoms with Crippen LogP contribution in [0.4, 0.5) is 4.79 Å². The maximum atomic E-state index is 12.6. The highest BCUT2D eigenvalue weighted by atomic mass is 16.7. The quantitative estimate of drug-likeness (QED) is 0.856. The van der Waals surface area contributed by atoms with Gasteiger partial charge in [-0.05, 0) is 44.1 Å². The summed E-state index contributed by atoms with van der Waals surface area (Å²) in [5.41, 5.74) is 0.242. The van der Waals surface area contributed by atoms with Gasteiger partial charge in [-0.1, -0.05) is 30.3 Å². The number of hydrogen-bond acceptors (Lipinski definition) is 5. The van der Waals surface area contributed by atoms with Crippen LogP contribution in [0.1, 0.15) is 50.5 Å². The van der Waals surface area contributed by atoms with Gasteiger partial charge in [-0.2, -0.15) is 0 Å². The number of piperidine rings is 1. The third-order valence-electron chi connectivity index (χ3n) is 6.01. The molecule has 3 saturated heterocycles. The smallest absolute Gasteiger partial charge is 0.410 e. The van der Waals surface area contributed by atoms with Gasteiger partial charge in [0.25, 0.3) is 0 Å². The van der Waals surface area contributed by atoms with E-state index in [4.69, 9.17) is 14.2 Å². The Morgan fingerprint density at radius 2 is 1.81 bits per heavy atom. The van der Waals surface area contributed by atoms with Crippen LogP contribution in [-0.4, -0.2) is 53.3 Å². The van der Waals surface area contributed by atoms with Crippen LogP contribution in [0.3, 0.4) is 0 Å². The lowest BCUT2D eigenvalue weighted by molar-refractivity contribution is -0.188. The first-order valence-corrected chi connectivity index (χ1v) is 10.1. The van der Waals surface area contributed by atoms with E-state index in [1.165, 1.54) is 0 Å². The van der Waals surface area contributed by atoms with Gasteiger partial charge in [0.05, 0.1) is 18.8 Å². The van der Waals surface area contributed by atoms with Crippen molar-refractivity contribution in [1.82, 2.24) is 4.90 Å². The van der Waals surface area contributed by atoms with E-state index in [1.54, 1.807) is 0 Å². The fourth-order valence-corrected chi connectivity index (χ4v) is 4.71. The van der Waals surface area contributed by atoms with E-state index in [9.17, 15) is 9.90 Å². The molecule has 3 aliphatic heterocycles. The highest BCUT2D eigenvalue weighted by Crippen LogP contribution is 2.43. The molecule has 1 aromatic rings. The molecular weight excluding hydrogens is 346 g/mol. The van der Waals surface area contributed by atoms with Gasteiger partial charge in [0.15, 0.2) is 6.29 Å². The summed E-state index contributed by atoms with van der Waals surface area (Å²) in [6.45, 7) is 1.75. The van der Waals surface area contributed by atoms with Crippen molar-refractivity contribution in [2.75, 3.05) is 13.2 Å². The second-order valence-electron chi connectivity index (χ2n) is 8.03. The zero-order valence-corrected chi connectivity index (χ0v) is 15.7. The van der Waals surface area contributed by atoms with Crippen LogP contribution in [-0.2, 0) is 20.8 Å². The zero-order chi connectivity index (χ0) is 18.7. The molecule has 148 valence electrons. The summed E-state index contributed by atoms with van der Waals surface area (Å²) in [5, 5.41) is 11.1. The van der Waals surface area contributed by atoms with E-state index in [0.29, 0.717) is 25.7 Å².